The average Bonchev–Trinajstić information content (AvgIpc) is 2.63. The van der Waals surface area contributed by atoms with Crippen LogP contribution in [0.15, 0.2) is 52.4 Å². The van der Waals surface area contributed by atoms with Crippen molar-refractivity contribution in [2.24, 2.45) is 4.99 Å². The number of hydrogen-bond donors (Lipinski definition) is 2. The number of carbonyl (C=O) groups excluding carboxylic acids is 1. The minimum atomic E-state index is -4.03. The second-order valence-electron chi connectivity index (χ2n) is 4.91. The summed E-state index contributed by atoms with van der Waals surface area (Å²) in [6.45, 7) is 0. The molecular formula is C15H12ClN3O5S2. The van der Waals surface area contributed by atoms with Gasteiger partial charge in [-0.05, 0) is 42.5 Å². The summed E-state index contributed by atoms with van der Waals surface area (Å²) in [5, 5.41) is 3.17. The SMILES string of the molecule is COC(=O)NC1=Nc2ccc(S(=O)(=O)Oc3ccc(Cl)cc3)cc2NS1. The van der Waals surface area contributed by atoms with Gasteiger partial charge in [0.15, 0.2) is 5.17 Å². The molecule has 26 heavy (non-hydrogen) atoms. The summed E-state index contributed by atoms with van der Waals surface area (Å²) in [7, 11) is -2.79. The summed E-state index contributed by atoms with van der Waals surface area (Å²) in [5.74, 6) is 0.150. The number of benzene rings is 2. The van der Waals surface area contributed by atoms with Crippen molar-refractivity contribution in [2.75, 3.05) is 11.8 Å². The fourth-order valence-electron chi connectivity index (χ4n) is 1.94. The second-order valence-corrected chi connectivity index (χ2v) is 7.69. The lowest BCUT2D eigenvalue weighted by Gasteiger charge is -2.17. The molecule has 0 atom stereocenters. The largest absolute Gasteiger partial charge is 0.453 e. The molecule has 1 amide bonds. The number of anilines is 1. The number of nitrogens with one attached hydrogen (secondary N) is 2. The maximum absolute atomic E-state index is 12.4. The standard InChI is InChI=1S/C15H12ClN3O5S2/c1-23-15(20)18-14-17-12-7-6-11(8-13(12)19-25-14)26(21,22)24-10-4-2-9(16)3-5-10/h2-8,19H,1H3,(H,17,18,20). The van der Waals surface area contributed by atoms with Crippen LogP contribution in [0.25, 0.3) is 0 Å². The van der Waals surface area contributed by atoms with E-state index in [9.17, 15) is 13.2 Å². The molecule has 11 heteroatoms. The summed E-state index contributed by atoms with van der Waals surface area (Å²) in [4.78, 5) is 15.4. The Kier molecular flexibility index (Phi) is 5.25. The van der Waals surface area contributed by atoms with Crippen LogP contribution in [0.5, 0.6) is 5.75 Å². The third kappa shape index (κ3) is 4.21. The van der Waals surface area contributed by atoms with E-state index in [-0.39, 0.29) is 15.8 Å². The molecule has 8 nitrogen and oxygen atoms in total. The van der Waals surface area contributed by atoms with E-state index in [0.29, 0.717) is 16.4 Å². The van der Waals surface area contributed by atoms with Gasteiger partial charge in [-0.25, -0.2) is 9.79 Å². The molecule has 0 spiro atoms. The van der Waals surface area contributed by atoms with Crippen LogP contribution in [0.2, 0.25) is 5.02 Å². The lowest BCUT2D eigenvalue weighted by Crippen LogP contribution is -2.29. The van der Waals surface area contributed by atoms with Gasteiger partial charge >= 0.3 is 16.2 Å². The smallest absolute Gasteiger partial charge is 0.412 e. The molecule has 1 heterocycles. The molecule has 1 aliphatic heterocycles. The number of amidine groups is 1. The van der Waals surface area contributed by atoms with E-state index in [4.69, 9.17) is 15.8 Å². The van der Waals surface area contributed by atoms with Crippen molar-refractivity contribution >= 4 is 56.3 Å². The van der Waals surface area contributed by atoms with Crippen molar-refractivity contribution in [3.63, 3.8) is 0 Å². The predicted octanol–water partition coefficient (Wildman–Crippen LogP) is 3.52. The molecule has 3 rings (SSSR count). The van der Waals surface area contributed by atoms with Gasteiger partial charge < -0.3 is 13.6 Å². The third-order valence-corrected chi connectivity index (χ3v) is 5.35. The zero-order chi connectivity index (χ0) is 18.7. The Bertz CT molecular complexity index is 977. The van der Waals surface area contributed by atoms with Gasteiger partial charge in [0, 0.05) is 17.0 Å². The van der Waals surface area contributed by atoms with Gasteiger partial charge in [-0.3, -0.25) is 5.32 Å². The van der Waals surface area contributed by atoms with Crippen molar-refractivity contribution in [1.82, 2.24) is 5.32 Å². The zero-order valence-corrected chi connectivity index (χ0v) is 15.6. The van der Waals surface area contributed by atoms with Crippen LogP contribution >= 0.6 is 23.5 Å². The van der Waals surface area contributed by atoms with Crippen LogP contribution in [0.4, 0.5) is 16.2 Å². The van der Waals surface area contributed by atoms with Crippen molar-refractivity contribution in [3.05, 3.63) is 47.5 Å². The number of aliphatic imine (C=N–C) groups is 1. The topological polar surface area (TPSA) is 106 Å². The lowest BCUT2D eigenvalue weighted by atomic mass is 10.3. The molecule has 2 aromatic rings. The Morgan fingerprint density at radius 1 is 1.23 bits per heavy atom. The normalized spacial score (nSPS) is 13.1. The molecule has 0 bridgehead atoms. The number of halogens is 1. The van der Waals surface area contributed by atoms with Gasteiger partial charge in [-0.2, -0.15) is 8.42 Å². The number of hydrogen-bond acceptors (Lipinski definition) is 8. The van der Waals surface area contributed by atoms with Crippen LogP contribution in [-0.2, 0) is 14.9 Å². The van der Waals surface area contributed by atoms with Gasteiger partial charge in [-0.15, -0.1) is 0 Å². The van der Waals surface area contributed by atoms with Crippen molar-refractivity contribution in [3.8, 4) is 5.75 Å². The first-order chi connectivity index (χ1) is 12.4. The number of amides is 1. The highest BCUT2D eigenvalue weighted by atomic mass is 35.5. The molecule has 136 valence electrons. The Labute approximate surface area is 158 Å². The molecule has 0 aliphatic carbocycles. The fraction of sp³-hybridized carbons (Fsp3) is 0.0667. The zero-order valence-electron chi connectivity index (χ0n) is 13.2. The first-order valence-electron chi connectivity index (χ1n) is 7.08. The van der Waals surface area contributed by atoms with Crippen LogP contribution in [0, 0.1) is 0 Å². The van der Waals surface area contributed by atoms with E-state index in [1.165, 1.54) is 49.6 Å². The maximum Gasteiger partial charge on any atom is 0.412 e. The van der Waals surface area contributed by atoms with Gasteiger partial charge in [-0.1, -0.05) is 11.6 Å². The minimum Gasteiger partial charge on any atom is -0.453 e. The van der Waals surface area contributed by atoms with E-state index in [1.54, 1.807) is 0 Å². The summed E-state index contributed by atoms with van der Waals surface area (Å²) in [6.07, 6.45) is -0.655. The number of methoxy groups -OCH3 is 1. The quantitative estimate of drug-likeness (QED) is 0.585. The van der Waals surface area contributed by atoms with Crippen molar-refractivity contribution in [1.29, 1.82) is 0 Å². The van der Waals surface area contributed by atoms with Gasteiger partial charge in [0.25, 0.3) is 0 Å². The van der Waals surface area contributed by atoms with E-state index in [0.717, 1.165) is 11.9 Å². The average molecular weight is 414 g/mol. The van der Waals surface area contributed by atoms with E-state index >= 15 is 0 Å². The molecule has 0 saturated carbocycles. The van der Waals surface area contributed by atoms with Crippen LogP contribution < -0.4 is 14.2 Å². The lowest BCUT2D eigenvalue weighted by molar-refractivity contribution is 0.177. The van der Waals surface area contributed by atoms with Crippen LogP contribution in [0.1, 0.15) is 0 Å². The molecule has 0 radical (unpaired) electrons. The number of fused-ring (bicyclic) bond motifs is 1. The van der Waals surface area contributed by atoms with Crippen LogP contribution in [-0.4, -0.2) is 26.8 Å². The molecule has 0 aromatic heterocycles. The maximum atomic E-state index is 12.4. The second kappa shape index (κ2) is 7.44. The van der Waals surface area contributed by atoms with Gasteiger partial charge in [0.1, 0.15) is 10.6 Å². The Balaban J connectivity index is 1.83. The number of alkyl carbamates (subject to hydrolysis) is 1. The molecule has 0 saturated heterocycles. The molecule has 2 aromatic carbocycles. The van der Waals surface area contributed by atoms with E-state index in [1.807, 2.05) is 0 Å². The predicted molar refractivity (Wildman–Crippen MR) is 99.6 cm³/mol. The highest BCUT2D eigenvalue weighted by Gasteiger charge is 2.21. The summed E-state index contributed by atoms with van der Waals surface area (Å²) < 4.78 is 37.3. The number of nitrogens with zero attached hydrogens (tertiary/aromatic N) is 1. The molecule has 1 aliphatic rings. The van der Waals surface area contributed by atoms with E-state index in [2.05, 4.69) is 19.8 Å². The number of rotatable bonds is 3. The highest BCUT2D eigenvalue weighted by Crippen LogP contribution is 2.35. The van der Waals surface area contributed by atoms with Crippen LogP contribution in [0.3, 0.4) is 0 Å². The Morgan fingerprint density at radius 3 is 2.65 bits per heavy atom. The Morgan fingerprint density at radius 2 is 1.96 bits per heavy atom. The molecule has 2 N–H and O–H groups in total. The van der Waals surface area contributed by atoms with Crippen molar-refractivity contribution < 1.29 is 22.1 Å². The Hall–Kier alpha value is -2.43. The number of ether oxygens (including phenoxy) is 1. The molecule has 0 fully saturated rings. The minimum absolute atomic E-state index is 0.0427. The first-order valence-corrected chi connectivity index (χ1v) is 9.68. The van der Waals surface area contributed by atoms with Gasteiger partial charge in [0.05, 0.1) is 18.5 Å². The summed E-state index contributed by atoms with van der Waals surface area (Å²) >= 11 is 6.78. The summed E-state index contributed by atoms with van der Waals surface area (Å²) in [6, 6.07) is 10.2. The van der Waals surface area contributed by atoms with Gasteiger partial charge in [0.2, 0.25) is 0 Å². The number of carbonyl (C=O) groups is 1. The first kappa shape index (κ1) is 18.4. The highest BCUT2D eigenvalue weighted by molar-refractivity contribution is 8.15. The monoisotopic (exact) mass is 413 g/mol. The molecular weight excluding hydrogens is 402 g/mol. The van der Waals surface area contributed by atoms with Crippen molar-refractivity contribution in [2.45, 2.75) is 4.90 Å². The fourth-order valence-corrected chi connectivity index (χ4v) is 3.67. The van der Waals surface area contributed by atoms with E-state index < -0.39 is 16.2 Å². The summed E-state index contributed by atoms with van der Waals surface area (Å²) in [5.41, 5.74) is 0.923. The molecule has 0 unspecified atom stereocenters. The third-order valence-electron chi connectivity index (χ3n) is 3.15.